The number of benzene rings is 1. The van der Waals surface area contributed by atoms with E-state index in [4.69, 9.17) is 27.7 Å². The number of aromatic nitrogens is 2. The number of nitrogens with two attached hydrogens (primary N) is 1. The first kappa shape index (κ1) is 14.5. The van der Waals surface area contributed by atoms with Crippen LogP contribution in [0.4, 0.5) is 0 Å². The first-order chi connectivity index (χ1) is 10.6. The van der Waals surface area contributed by atoms with Crippen molar-refractivity contribution >= 4 is 22.9 Å². The van der Waals surface area contributed by atoms with Crippen LogP contribution in [0, 0.1) is 6.92 Å². The second kappa shape index (κ2) is 5.77. The van der Waals surface area contributed by atoms with Crippen molar-refractivity contribution in [1.29, 1.82) is 0 Å². The van der Waals surface area contributed by atoms with Crippen LogP contribution in [0.1, 0.15) is 11.4 Å². The predicted octanol–water partition coefficient (Wildman–Crippen LogP) is 3.15. The van der Waals surface area contributed by atoms with Gasteiger partial charge in [0.05, 0.1) is 23.5 Å². The minimum absolute atomic E-state index is 0.458. The molecule has 2 heterocycles. The molecule has 3 rings (SSSR count). The molecule has 5 heteroatoms. The van der Waals surface area contributed by atoms with Gasteiger partial charge in [-0.05, 0) is 43.3 Å². The summed E-state index contributed by atoms with van der Waals surface area (Å²) in [6.45, 7) is 2.05. The summed E-state index contributed by atoms with van der Waals surface area (Å²) in [6.07, 6.45) is 0.517. The molecule has 0 bridgehead atoms. The molecule has 4 nitrogen and oxygen atoms in total. The van der Waals surface area contributed by atoms with Crippen LogP contribution >= 0.6 is 12.2 Å². The molecule has 3 aromatic rings. The molecule has 1 aromatic carbocycles. The number of pyridine rings is 1. The number of hydrogen-bond donors (Lipinski definition) is 1. The Labute approximate surface area is 134 Å². The maximum absolute atomic E-state index is 5.79. The molecule has 0 saturated carbocycles. The summed E-state index contributed by atoms with van der Waals surface area (Å²) < 4.78 is 7.32. The second-order valence-corrected chi connectivity index (χ2v) is 5.66. The third kappa shape index (κ3) is 2.55. The molecule has 22 heavy (non-hydrogen) atoms. The molecule has 0 aliphatic heterocycles. The lowest BCUT2D eigenvalue weighted by atomic mass is 10.1. The summed E-state index contributed by atoms with van der Waals surface area (Å²) in [6, 6.07) is 13.9. The normalized spacial score (nSPS) is 10.8. The van der Waals surface area contributed by atoms with E-state index in [9.17, 15) is 0 Å². The summed E-state index contributed by atoms with van der Waals surface area (Å²) in [5.74, 6) is 0.819. The molecule has 0 amide bonds. The number of thiocarbonyl (C=S) groups is 1. The molecule has 0 aliphatic carbocycles. The van der Waals surface area contributed by atoms with Crippen molar-refractivity contribution in [3.63, 3.8) is 0 Å². The Hall–Kier alpha value is -2.40. The number of fused-ring (bicyclic) bond motifs is 1. The molecule has 112 valence electrons. The topological polar surface area (TPSA) is 52.5 Å². The second-order valence-electron chi connectivity index (χ2n) is 5.14. The van der Waals surface area contributed by atoms with Gasteiger partial charge in [0.25, 0.3) is 0 Å². The van der Waals surface area contributed by atoms with Gasteiger partial charge in [-0.15, -0.1) is 0 Å². The Kier molecular flexibility index (Phi) is 3.81. The highest BCUT2D eigenvalue weighted by Crippen LogP contribution is 2.27. The summed E-state index contributed by atoms with van der Waals surface area (Å²) in [4.78, 5) is 5.22. The largest absolute Gasteiger partial charge is 0.497 e. The molecule has 0 fully saturated rings. The van der Waals surface area contributed by atoms with Crippen molar-refractivity contribution in [2.75, 3.05) is 7.11 Å². The monoisotopic (exact) mass is 311 g/mol. The molecule has 0 radical (unpaired) electrons. The summed E-state index contributed by atoms with van der Waals surface area (Å²) in [5, 5.41) is 0. The molecule has 0 unspecified atom stereocenters. The van der Waals surface area contributed by atoms with Gasteiger partial charge >= 0.3 is 0 Å². The van der Waals surface area contributed by atoms with Gasteiger partial charge in [0.2, 0.25) is 0 Å². The van der Waals surface area contributed by atoms with E-state index in [-0.39, 0.29) is 0 Å². The van der Waals surface area contributed by atoms with Gasteiger partial charge in [-0.25, -0.2) is 4.98 Å². The maximum atomic E-state index is 5.79. The molecular weight excluding hydrogens is 294 g/mol. The summed E-state index contributed by atoms with van der Waals surface area (Å²) in [5.41, 5.74) is 10.7. The highest BCUT2D eigenvalue weighted by molar-refractivity contribution is 7.80. The van der Waals surface area contributed by atoms with Crippen molar-refractivity contribution in [3.8, 4) is 17.0 Å². The van der Waals surface area contributed by atoms with Crippen LogP contribution < -0.4 is 10.5 Å². The van der Waals surface area contributed by atoms with E-state index >= 15 is 0 Å². The van der Waals surface area contributed by atoms with E-state index in [1.54, 1.807) is 7.11 Å². The van der Waals surface area contributed by atoms with Crippen molar-refractivity contribution in [1.82, 2.24) is 9.38 Å². The first-order valence-electron chi connectivity index (χ1n) is 7.00. The van der Waals surface area contributed by atoms with Gasteiger partial charge < -0.3 is 14.9 Å². The fraction of sp³-hybridized carbons (Fsp3) is 0.176. The zero-order valence-corrected chi connectivity index (χ0v) is 13.4. The smallest absolute Gasteiger partial charge is 0.137 e. The average molecular weight is 311 g/mol. The van der Waals surface area contributed by atoms with Gasteiger partial charge in [0.15, 0.2) is 0 Å². The Morgan fingerprint density at radius 3 is 2.59 bits per heavy atom. The molecule has 2 aromatic heterocycles. The summed E-state index contributed by atoms with van der Waals surface area (Å²) in [7, 11) is 1.65. The SMILES string of the molecule is COc1ccc(-c2nc3cccc(C)n3c2CC(N)=S)cc1. The molecule has 2 N–H and O–H groups in total. The molecule has 0 saturated heterocycles. The van der Waals surface area contributed by atoms with Crippen molar-refractivity contribution in [2.24, 2.45) is 5.73 Å². The standard InChI is InChI=1S/C17H17N3OS/c1-11-4-3-5-16-19-17(14(20(11)16)10-15(18)22)12-6-8-13(21-2)9-7-12/h3-9H,10H2,1-2H3,(H2,18,22). The van der Waals surface area contributed by atoms with Crippen LogP contribution in [0.3, 0.4) is 0 Å². The fourth-order valence-electron chi connectivity index (χ4n) is 2.63. The van der Waals surface area contributed by atoms with Crippen molar-refractivity contribution in [2.45, 2.75) is 13.3 Å². The minimum atomic E-state index is 0.458. The molecule has 0 aliphatic rings. The molecule has 0 spiro atoms. The number of methoxy groups -OCH3 is 1. The van der Waals surface area contributed by atoms with E-state index in [2.05, 4.69) is 17.4 Å². The van der Waals surface area contributed by atoms with Crippen molar-refractivity contribution in [3.05, 3.63) is 53.9 Å². The van der Waals surface area contributed by atoms with Crippen LogP contribution in [0.2, 0.25) is 0 Å². The van der Waals surface area contributed by atoms with E-state index < -0.39 is 0 Å². The summed E-state index contributed by atoms with van der Waals surface area (Å²) >= 11 is 5.12. The van der Waals surface area contributed by atoms with Crippen LogP contribution in [0.5, 0.6) is 5.75 Å². The zero-order chi connectivity index (χ0) is 15.7. The maximum Gasteiger partial charge on any atom is 0.137 e. The van der Waals surface area contributed by atoms with E-state index in [0.29, 0.717) is 11.4 Å². The third-order valence-electron chi connectivity index (χ3n) is 3.64. The van der Waals surface area contributed by atoms with Crippen LogP contribution in [-0.2, 0) is 6.42 Å². The lowest BCUT2D eigenvalue weighted by Crippen LogP contribution is -2.13. The van der Waals surface area contributed by atoms with Gasteiger partial charge in [-0.2, -0.15) is 0 Å². The number of rotatable bonds is 4. The Bertz CT molecular complexity index is 837. The molecule has 0 atom stereocenters. The van der Waals surface area contributed by atoms with Gasteiger partial charge in [-0.3, -0.25) is 0 Å². The van der Waals surface area contributed by atoms with Gasteiger partial charge in [0, 0.05) is 17.7 Å². The van der Waals surface area contributed by atoms with Crippen LogP contribution in [0.15, 0.2) is 42.5 Å². The number of imidazole rings is 1. The van der Waals surface area contributed by atoms with Crippen molar-refractivity contribution < 1.29 is 4.74 Å². The van der Waals surface area contributed by atoms with E-state index in [0.717, 1.165) is 34.0 Å². The Balaban J connectivity index is 2.22. The number of nitrogens with zero attached hydrogens (tertiary/aromatic N) is 2. The highest BCUT2D eigenvalue weighted by atomic mass is 32.1. The number of hydrogen-bond acceptors (Lipinski definition) is 3. The zero-order valence-electron chi connectivity index (χ0n) is 12.5. The third-order valence-corrected chi connectivity index (χ3v) is 3.78. The quantitative estimate of drug-likeness (QED) is 0.752. The fourth-order valence-corrected chi connectivity index (χ4v) is 2.77. The van der Waals surface area contributed by atoms with Crippen LogP contribution in [-0.4, -0.2) is 21.5 Å². The van der Waals surface area contributed by atoms with E-state index in [1.807, 2.05) is 36.4 Å². The number of aryl methyl sites for hydroxylation is 1. The predicted molar refractivity (Wildman–Crippen MR) is 92.4 cm³/mol. The van der Waals surface area contributed by atoms with Gasteiger partial charge in [-0.1, -0.05) is 18.3 Å². The lowest BCUT2D eigenvalue weighted by Gasteiger charge is -2.07. The highest BCUT2D eigenvalue weighted by Gasteiger charge is 2.16. The Morgan fingerprint density at radius 1 is 1.23 bits per heavy atom. The minimum Gasteiger partial charge on any atom is -0.497 e. The van der Waals surface area contributed by atoms with Gasteiger partial charge in [0.1, 0.15) is 11.4 Å². The van der Waals surface area contributed by atoms with Crippen LogP contribution in [0.25, 0.3) is 16.9 Å². The molecular formula is C17H17N3OS. The average Bonchev–Trinajstić information content (AvgIpc) is 2.87. The van der Waals surface area contributed by atoms with E-state index in [1.165, 1.54) is 0 Å². The first-order valence-corrected chi connectivity index (χ1v) is 7.40. The number of ether oxygens (including phenoxy) is 1. The Morgan fingerprint density at radius 2 is 1.95 bits per heavy atom. The lowest BCUT2D eigenvalue weighted by molar-refractivity contribution is 0.415.